The van der Waals surface area contributed by atoms with Gasteiger partial charge in [0.1, 0.15) is 0 Å². The molecule has 1 saturated carbocycles. The van der Waals surface area contributed by atoms with Crippen LogP contribution in [0.4, 0.5) is 18.9 Å². The molecule has 47 heavy (non-hydrogen) atoms. The van der Waals surface area contributed by atoms with Gasteiger partial charge in [0.25, 0.3) is 16.0 Å². The molecule has 254 valence electrons. The molecule has 1 atom stereocenters. The van der Waals surface area contributed by atoms with Crippen LogP contribution in [0.25, 0.3) is 11.1 Å². The van der Waals surface area contributed by atoms with Gasteiger partial charge >= 0.3 is 6.18 Å². The van der Waals surface area contributed by atoms with E-state index in [0.717, 1.165) is 43.4 Å². The summed E-state index contributed by atoms with van der Waals surface area (Å²) in [6.07, 6.45) is -0.213. The van der Waals surface area contributed by atoms with Crippen molar-refractivity contribution in [3.05, 3.63) is 88.4 Å². The Morgan fingerprint density at radius 2 is 1.55 bits per heavy atom. The molecule has 2 amide bonds. The average molecular weight is 693 g/mol. The van der Waals surface area contributed by atoms with E-state index >= 15 is 0 Å². The van der Waals surface area contributed by atoms with Crippen LogP contribution < -0.4 is 10.6 Å². The van der Waals surface area contributed by atoms with Crippen LogP contribution in [0.1, 0.15) is 67.9 Å². The van der Waals surface area contributed by atoms with Gasteiger partial charge in [-0.05, 0) is 96.9 Å². The standard InChI is InChI=1S/C35H40ClF3N2O5S/c1-34(2,3)26-12-8-24(9-13-26)30(20-22-4-6-25(7-5-22)32(42)40-18-19-47(44,45)46)33(43)41-28-15-10-23(11-16-28)29-17-14-27(21-31(29)36)35(37,38)39/h4-7,10-11,14-17,21,24,26,30H,8-9,12-13,18-20H2,1-3H3,(H,40,42)(H,41,43)(H,44,45,46)/t24-,26+,30?. The number of hydrogen-bond donors (Lipinski definition) is 3. The molecule has 1 fully saturated rings. The fourth-order valence-corrected chi connectivity index (χ4v) is 6.85. The molecule has 3 aromatic rings. The van der Waals surface area contributed by atoms with Crippen molar-refractivity contribution in [3.63, 3.8) is 0 Å². The van der Waals surface area contributed by atoms with Crippen molar-refractivity contribution < 1.29 is 35.7 Å². The summed E-state index contributed by atoms with van der Waals surface area (Å²) >= 11 is 6.18. The van der Waals surface area contributed by atoms with Gasteiger partial charge in [-0.25, -0.2) is 0 Å². The van der Waals surface area contributed by atoms with Crippen LogP contribution in [0.5, 0.6) is 0 Å². The number of benzene rings is 3. The molecule has 1 aliphatic rings. The molecule has 0 aromatic heterocycles. The van der Waals surface area contributed by atoms with Crippen LogP contribution in [0.2, 0.25) is 5.02 Å². The third-order valence-corrected chi connectivity index (χ3v) is 10.0. The van der Waals surface area contributed by atoms with Gasteiger partial charge in [0.05, 0.1) is 11.3 Å². The van der Waals surface area contributed by atoms with Crippen molar-refractivity contribution in [3.8, 4) is 11.1 Å². The van der Waals surface area contributed by atoms with Gasteiger partial charge in [-0.1, -0.05) is 62.7 Å². The number of carbonyl (C=O) groups excluding carboxylic acids is 2. The molecule has 0 saturated heterocycles. The molecule has 3 aromatic carbocycles. The first-order valence-electron chi connectivity index (χ1n) is 15.5. The van der Waals surface area contributed by atoms with E-state index in [1.54, 1.807) is 48.5 Å². The zero-order valence-corrected chi connectivity index (χ0v) is 28.1. The molecule has 3 N–H and O–H groups in total. The fraction of sp³-hybridized carbons (Fsp3) is 0.429. The maximum atomic E-state index is 13.8. The molecule has 0 aliphatic heterocycles. The van der Waals surface area contributed by atoms with Crippen molar-refractivity contribution in [2.75, 3.05) is 17.6 Å². The number of anilines is 1. The SMILES string of the molecule is CC(C)(C)[C@H]1CC[C@@H](C(Cc2ccc(C(=O)NCCS(=O)(=O)O)cc2)C(=O)Nc2ccc(-c3ccc(C(F)(F)F)cc3Cl)cc2)CC1. The Balaban J connectivity index is 1.48. The van der Waals surface area contributed by atoms with Gasteiger partial charge in [0.15, 0.2) is 0 Å². The van der Waals surface area contributed by atoms with Crippen LogP contribution in [0.3, 0.4) is 0 Å². The number of carbonyl (C=O) groups is 2. The van der Waals surface area contributed by atoms with Gasteiger partial charge in [0, 0.05) is 34.3 Å². The van der Waals surface area contributed by atoms with Gasteiger partial charge in [0.2, 0.25) is 5.91 Å². The van der Waals surface area contributed by atoms with E-state index in [1.165, 1.54) is 6.07 Å². The van der Waals surface area contributed by atoms with Crippen LogP contribution >= 0.6 is 11.6 Å². The Labute approximate surface area is 279 Å². The monoisotopic (exact) mass is 692 g/mol. The highest BCUT2D eigenvalue weighted by Gasteiger charge is 2.36. The summed E-state index contributed by atoms with van der Waals surface area (Å²) in [4.78, 5) is 26.3. The summed E-state index contributed by atoms with van der Waals surface area (Å²) in [7, 11) is -4.19. The summed E-state index contributed by atoms with van der Waals surface area (Å²) in [6.45, 7) is 6.50. The number of amides is 2. The summed E-state index contributed by atoms with van der Waals surface area (Å²) in [6, 6.07) is 16.8. The third kappa shape index (κ3) is 10.3. The molecule has 0 radical (unpaired) electrons. The van der Waals surface area contributed by atoms with Crippen molar-refractivity contribution in [1.82, 2.24) is 5.32 Å². The Bertz CT molecular complexity index is 1660. The molecule has 1 aliphatic carbocycles. The summed E-state index contributed by atoms with van der Waals surface area (Å²) in [5, 5.41) is 5.47. The minimum absolute atomic E-state index is 0.0239. The number of rotatable bonds is 10. The zero-order valence-electron chi connectivity index (χ0n) is 26.5. The maximum Gasteiger partial charge on any atom is 0.416 e. The molecule has 7 nitrogen and oxygen atoms in total. The Kier molecular flexibility index (Phi) is 11.5. The molecule has 4 rings (SSSR count). The van der Waals surface area contributed by atoms with E-state index < -0.39 is 33.5 Å². The highest BCUT2D eigenvalue weighted by atomic mass is 35.5. The first-order chi connectivity index (χ1) is 21.9. The van der Waals surface area contributed by atoms with E-state index in [1.807, 2.05) is 0 Å². The Morgan fingerprint density at radius 1 is 0.936 bits per heavy atom. The van der Waals surface area contributed by atoms with E-state index in [4.69, 9.17) is 16.2 Å². The van der Waals surface area contributed by atoms with E-state index in [0.29, 0.717) is 34.7 Å². The van der Waals surface area contributed by atoms with Crippen molar-refractivity contribution >= 4 is 39.2 Å². The van der Waals surface area contributed by atoms with Crippen LogP contribution in [-0.2, 0) is 27.5 Å². The van der Waals surface area contributed by atoms with Gasteiger partial charge < -0.3 is 10.6 Å². The normalized spacial score (nSPS) is 18.0. The lowest BCUT2D eigenvalue weighted by molar-refractivity contribution is -0.137. The summed E-state index contributed by atoms with van der Waals surface area (Å²) in [5.74, 6) is -0.855. The van der Waals surface area contributed by atoms with E-state index in [2.05, 4.69) is 31.4 Å². The highest BCUT2D eigenvalue weighted by molar-refractivity contribution is 7.85. The predicted molar refractivity (Wildman–Crippen MR) is 178 cm³/mol. The van der Waals surface area contributed by atoms with Crippen molar-refractivity contribution in [1.29, 1.82) is 0 Å². The van der Waals surface area contributed by atoms with Crippen molar-refractivity contribution in [2.24, 2.45) is 23.2 Å². The highest BCUT2D eigenvalue weighted by Crippen LogP contribution is 2.43. The maximum absolute atomic E-state index is 13.8. The topological polar surface area (TPSA) is 113 Å². The molecule has 1 unspecified atom stereocenters. The third-order valence-electron chi connectivity index (χ3n) is 8.98. The molecule has 0 spiro atoms. The fourth-order valence-electron chi connectivity index (χ4n) is 6.20. The smallest absolute Gasteiger partial charge is 0.351 e. The second-order valence-corrected chi connectivity index (χ2v) is 15.3. The number of hydrogen-bond acceptors (Lipinski definition) is 4. The first kappa shape index (κ1) is 36.4. The molecule has 0 bridgehead atoms. The zero-order chi connectivity index (χ0) is 34.6. The lowest BCUT2D eigenvalue weighted by Gasteiger charge is -2.39. The molecular formula is C35H40ClF3N2O5S. The lowest BCUT2D eigenvalue weighted by Crippen LogP contribution is -2.35. The predicted octanol–water partition coefficient (Wildman–Crippen LogP) is 8.29. The largest absolute Gasteiger partial charge is 0.416 e. The number of halogens is 4. The first-order valence-corrected chi connectivity index (χ1v) is 17.5. The van der Waals surface area contributed by atoms with E-state index in [9.17, 15) is 31.2 Å². The second kappa shape index (κ2) is 14.8. The number of nitrogens with one attached hydrogen (secondary N) is 2. The summed E-state index contributed by atoms with van der Waals surface area (Å²) in [5.41, 5.74) is 2.15. The van der Waals surface area contributed by atoms with Crippen LogP contribution in [-0.4, -0.2) is 37.1 Å². The van der Waals surface area contributed by atoms with Gasteiger partial charge in [-0.3, -0.25) is 14.1 Å². The molecular weight excluding hydrogens is 653 g/mol. The minimum Gasteiger partial charge on any atom is -0.351 e. The lowest BCUT2D eigenvalue weighted by atomic mass is 9.66. The van der Waals surface area contributed by atoms with Crippen LogP contribution in [0, 0.1) is 23.2 Å². The number of alkyl halides is 3. The summed E-state index contributed by atoms with van der Waals surface area (Å²) < 4.78 is 69.9. The molecule has 12 heteroatoms. The van der Waals surface area contributed by atoms with Crippen LogP contribution in [0.15, 0.2) is 66.7 Å². The van der Waals surface area contributed by atoms with Gasteiger partial charge in [-0.15, -0.1) is 0 Å². The molecule has 0 heterocycles. The van der Waals surface area contributed by atoms with Gasteiger partial charge in [-0.2, -0.15) is 21.6 Å². The second-order valence-electron chi connectivity index (χ2n) is 13.3. The van der Waals surface area contributed by atoms with E-state index in [-0.39, 0.29) is 34.7 Å². The average Bonchev–Trinajstić information content (AvgIpc) is 2.99. The Morgan fingerprint density at radius 3 is 2.09 bits per heavy atom. The Hall–Kier alpha value is -3.41. The van der Waals surface area contributed by atoms with Crippen molar-refractivity contribution in [2.45, 2.75) is 59.1 Å². The quantitative estimate of drug-likeness (QED) is 0.185. The minimum atomic E-state index is -4.50.